The highest BCUT2D eigenvalue weighted by atomic mass is 16.5. The van der Waals surface area contributed by atoms with Crippen LogP contribution < -0.4 is 5.32 Å². The molecule has 0 aromatic carbocycles. The summed E-state index contributed by atoms with van der Waals surface area (Å²) in [5, 5.41) is 3.36. The fourth-order valence-corrected chi connectivity index (χ4v) is 2.14. The third kappa shape index (κ3) is 5.83. The Hall–Kier alpha value is -0.120. The molecule has 1 heterocycles. The molecule has 1 rings (SSSR count). The fourth-order valence-electron chi connectivity index (χ4n) is 2.14. The molecule has 3 nitrogen and oxygen atoms in total. The van der Waals surface area contributed by atoms with Crippen molar-refractivity contribution in [3.63, 3.8) is 0 Å². The Morgan fingerprint density at radius 3 is 2.94 bits per heavy atom. The van der Waals surface area contributed by atoms with Crippen LogP contribution in [-0.2, 0) is 4.74 Å². The number of morpholine rings is 1. The smallest absolute Gasteiger partial charge is 0.0826 e. The summed E-state index contributed by atoms with van der Waals surface area (Å²) in [7, 11) is 0. The van der Waals surface area contributed by atoms with Crippen LogP contribution in [0.25, 0.3) is 0 Å². The first-order valence-electron chi connectivity index (χ1n) is 6.77. The van der Waals surface area contributed by atoms with Crippen LogP contribution in [0.5, 0.6) is 0 Å². The summed E-state index contributed by atoms with van der Waals surface area (Å²) in [5.41, 5.74) is 0. The third-order valence-electron chi connectivity index (χ3n) is 3.10. The van der Waals surface area contributed by atoms with E-state index in [9.17, 15) is 0 Å². The zero-order chi connectivity index (χ0) is 11.8. The minimum Gasteiger partial charge on any atom is -0.374 e. The largest absolute Gasteiger partial charge is 0.374 e. The van der Waals surface area contributed by atoms with Crippen molar-refractivity contribution >= 4 is 0 Å². The van der Waals surface area contributed by atoms with Gasteiger partial charge >= 0.3 is 0 Å². The summed E-state index contributed by atoms with van der Waals surface area (Å²) in [6, 6.07) is 0. The summed E-state index contributed by atoms with van der Waals surface area (Å²) in [6.45, 7) is 13.1. The molecule has 0 unspecified atom stereocenters. The van der Waals surface area contributed by atoms with Crippen LogP contribution in [0.3, 0.4) is 0 Å². The highest BCUT2D eigenvalue weighted by Gasteiger charge is 2.19. The number of ether oxygens (including phenoxy) is 1. The molecule has 1 atom stereocenters. The molecule has 1 aliphatic rings. The Morgan fingerprint density at radius 1 is 1.44 bits per heavy atom. The highest BCUT2D eigenvalue weighted by Crippen LogP contribution is 2.08. The second-order valence-corrected chi connectivity index (χ2v) is 5.14. The van der Waals surface area contributed by atoms with Gasteiger partial charge in [-0.2, -0.15) is 0 Å². The van der Waals surface area contributed by atoms with Gasteiger partial charge in [0.2, 0.25) is 0 Å². The van der Waals surface area contributed by atoms with Crippen LogP contribution in [0.1, 0.15) is 33.6 Å². The average molecular weight is 228 g/mol. The number of nitrogens with one attached hydrogen (secondary N) is 1. The summed E-state index contributed by atoms with van der Waals surface area (Å²) < 4.78 is 5.73. The van der Waals surface area contributed by atoms with Crippen molar-refractivity contribution < 1.29 is 4.74 Å². The summed E-state index contributed by atoms with van der Waals surface area (Å²) in [4.78, 5) is 2.55. The lowest BCUT2D eigenvalue weighted by atomic mass is 10.1. The maximum Gasteiger partial charge on any atom is 0.0826 e. The molecular formula is C13H28N2O. The van der Waals surface area contributed by atoms with Gasteiger partial charge < -0.3 is 10.1 Å². The molecular weight excluding hydrogens is 200 g/mol. The van der Waals surface area contributed by atoms with Crippen LogP contribution in [0.2, 0.25) is 0 Å². The number of likely N-dealkylation sites (N-methyl/N-ethyl adjacent to an activating group) is 1. The van der Waals surface area contributed by atoms with Crippen LogP contribution in [0.4, 0.5) is 0 Å². The van der Waals surface area contributed by atoms with Crippen molar-refractivity contribution in [2.75, 3.05) is 39.3 Å². The van der Waals surface area contributed by atoms with Crippen molar-refractivity contribution in [2.45, 2.75) is 39.7 Å². The van der Waals surface area contributed by atoms with Crippen LogP contribution in [0, 0.1) is 5.92 Å². The van der Waals surface area contributed by atoms with Crippen molar-refractivity contribution in [1.82, 2.24) is 10.2 Å². The molecule has 3 heteroatoms. The van der Waals surface area contributed by atoms with Gasteiger partial charge in [0.15, 0.2) is 0 Å². The SMILES string of the molecule is CCNC[C@@H]1CN(CCCC(C)C)CCO1. The minimum atomic E-state index is 0.396. The quantitative estimate of drug-likeness (QED) is 0.718. The average Bonchev–Trinajstić information content (AvgIpc) is 2.26. The van der Waals surface area contributed by atoms with E-state index in [1.165, 1.54) is 19.4 Å². The lowest BCUT2D eigenvalue weighted by Gasteiger charge is -2.33. The first kappa shape index (κ1) is 13.9. The van der Waals surface area contributed by atoms with Gasteiger partial charge in [-0.15, -0.1) is 0 Å². The molecule has 1 fully saturated rings. The van der Waals surface area contributed by atoms with Gasteiger partial charge in [-0.05, 0) is 31.8 Å². The first-order chi connectivity index (χ1) is 7.72. The van der Waals surface area contributed by atoms with Gasteiger partial charge in [0.1, 0.15) is 0 Å². The molecule has 1 aliphatic heterocycles. The Bertz CT molecular complexity index is 173. The maximum absolute atomic E-state index is 5.73. The van der Waals surface area contributed by atoms with E-state index in [0.29, 0.717) is 6.10 Å². The molecule has 1 N–H and O–H groups in total. The van der Waals surface area contributed by atoms with E-state index in [1.54, 1.807) is 0 Å². The van der Waals surface area contributed by atoms with Gasteiger partial charge in [-0.1, -0.05) is 20.8 Å². The van der Waals surface area contributed by atoms with E-state index in [-0.39, 0.29) is 0 Å². The van der Waals surface area contributed by atoms with Crippen LogP contribution in [-0.4, -0.2) is 50.3 Å². The normalized spacial score (nSPS) is 22.9. The standard InChI is InChI=1S/C13H28N2O/c1-4-14-10-13-11-15(8-9-16-13)7-5-6-12(2)3/h12-14H,4-11H2,1-3H3/t13-/m1/s1. The molecule has 0 aliphatic carbocycles. The monoisotopic (exact) mass is 228 g/mol. The first-order valence-corrected chi connectivity index (χ1v) is 6.77. The van der Waals surface area contributed by atoms with Crippen molar-refractivity contribution in [1.29, 1.82) is 0 Å². The molecule has 96 valence electrons. The van der Waals surface area contributed by atoms with E-state index >= 15 is 0 Å². The predicted molar refractivity (Wildman–Crippen MR) is 68.8 cm³/mol. The van der Waals surface area contributed by atoms with Gasteiger partial charge in [-0.25, -0.2) is 0 Å². The predicted octanol–water partition coefficient (Wildman–Crippen LogP) is 1.73. The molecule has 0 spiro atoms. The molecule has 0 aromatic rings. The number of hydrogen-bond acceptors (Lipinski definition) is 3. The van der Waals surface area contributed by atoms with E-state index in [1.807, 2.05) is 0 Å². The maximum atomic E-state index is 5.73. The second-order valence-electron chi connectivity index (χ2n) is 5.14. The van der Waals surface area contributed by atoms with Crippen molar-refractivity contribution in [3.8, 4) is 0 Å². The number of hydrogen-bond donors (Lipinski definition) is 1. The van der Waals surface area contributed by atoms with Crippen molar-refractivity contribution in [3.05, 3.63) is 0 Å². The molecule has 0 radical (unpaired) electrons. The van der Waals surface area contributed by atoms with Gasteiger partial charge in [0, 0.05) is 19.6 Å². The van der Waals surface area contributed by atoms with E-state index in [0.717, 1.165) is 38.7 Å². The zero-order valence-corrected chi connectivity index (χ0v) is 11.2. The van der Waals surface area contributed by atoms with Crippen molar-refractivity contribution in [2.24, 2.45) is 5.92 Å². The third-order valence-corrected chi connectivity index (χ3v) is 3.10. The number of rotatable bonds is 7. The summed E-state index contributed by atoms with van der Waals surface area (Å²) >= 11 is 0. The Morgan fingerprint density at radius 2 is 2.25 bits per heavy atom. The Balaban J connectivity index is 2.12. The molecule has 1 saturated heterocycles. The van der Waals surface area contributed by atoms with Gasteiger partial charge in [-0.3, -0.25) is 4.90 Å². The Kier molecular flexibility index (Phi) is 7.01. The van der Waals surface area contributed by atoms with Crippen LogP contribution in [0.15, 0.2) is 0 Å². The second kappa shape index (κ2) is 8.04. The zero-order valence-electron chi connectivity index (χ0n) is 11.2. The molecule has 16 heavy (non-hydrogen) atoms. The molecule has 0 saturated carbocycles. The lowest BCUT2D eigenvalue weighted by molar-refractivity contribution is -0.0273. The fraction of sp³-hybridized carbons (Fsp3) is 1.00. The summed E-state index contributed by atoms with van der Waals surface area (Å²) in [6.07, 6.45) is 3.06. The minimum absolute atomic E-state index is 0.396. The molecule has 0 aromatic heterocycles. The topological polar surface area (TPSA) is 24.5 Å². The van der Waals surface area contributed by atoms with E-state index in [2.05, 4.69) is 31.0 Å². The van der Waals surface area contributed by atoms with Gasteiger partial charge in [0.05, 0.1) is 12.7 Å². The Labute approximate surface area is 101 Å². The van der Waals surface area contributed by atoms with E-state index < -0.39 is 0 Å². The lowest BCUT2D eigenvalue weighted by Crippen LogP contribution is -2.46. The highest BCUT2D eigenvalue weighted by molar-refractivity contribution is 4.73. The molecule has 0 amide bonds. The van der Waals surface area contributed by atoms with Crippen LogP contribution >= 0.6 is 0 Å². The molecule has 0 bridgehead atoms. The summed E-state index contributed by atoms with van der Waals surface area (Å²) in [5.74, 6) is 0.832. The van der Waals surface area contributed by atoms with Gasteiger partial charge in [0.25, 0.3) is 0 Å². The number of nitrogens with zero attached hydrogens (tertiary/aromatic N) is 1. The van der Waals surface area contributed by atoms with E-state index in [4.69, 9.17) is 4.74 Å².